The quantitative estimate of drug-likeness (QED) is 0.675. The van der Waals surface area contributed by atoms with E-state index >= 15 is 0 Å². The van der Waals surface area contributed by atoms with Gasteiger partial charge >= 0.3 is 0 Å². The summed E-state index contributed by atoms with van der Waals surface area (Å²) in [7, 11) is 0. The van der Waals surface area contributed by atoms with Gasteiger partial charge in [-0.25, -0.2) is 0 Å². The molecule has 2 atom stereocenters. The second kappa shape index (κ2) is 4.86. The summed E-state index contributed by atoms with van der Waals surface area (Å²) in [5, 5.41) is 9.29. The number of hydrogen-bond donors (Lipinski definition) is 1. The van der Waals surface area contributed by atoms with Gasteiger partial charge in [0.25, 0.3) is 0 Å². The smallest absolute Gasteiger partial charge is 0.0537 e. The number of aliphatic hydroxyl groups is 1. The van der Waals surface area contributed by atoms with Crippen LogP contribution in [0.5, 0.6) is 0 Å². The minimum absolute atomic E-state index is 0.155. The molecule has 2 unspecified atom stereocenters. The van der Waals surface area contributed by atoms with Crippen molar-refractivity contribution in [3.63, 3.8) is 0 Å². The lowest BCUT2D eigenvalue weighted by atomic mass is 9.82. The summed E-state index contributed by atoms with van der Waals surface area (Å²) >= 11 is 0. The van der Waals surface area contributed by atoms with Crippen molar-refractivity contribution < 1.29 is 5.11 Å². The molecule has 0 amide bonds. The maximum atomic E-state index is 9.29. The first-order valence-electron chi connectivity index (χ1n) is 5.07. The summed E-state index contributed by atoms with van der Waals surface area (Å²) in [6.45, 7) is 10.8. The van der Waals surface area contributed by atoms with Gasteiger partial charge in [-0.05, 0) is 31.1 Å². The van der Waals surface area contributed by atoms with E-state index in [1.54, 1.807) is 0 Å². The Kier molecular flexibility index (Phi) is 4.84. The van der Waals surface area contributed by atoms with Gasteiger partial charge in [-0.15, -0.1) is 0 Å². The van der Waals surface area contributed by atoms with Crippen LogP contribution in [0.1, 0.15) is 53.9 Å². The molecule has 0 aromatic carbocycles. The molecule has 1 nitrogen and oxygen atoms in total. The Morgan fingerprint density at radius 3 is 2.08 bits per heavy atom. The summed E-state index contributed by atoms with van der Waals surface area (Å²) in [6, 6.07) is 0. The van der Waals surface area contributed by atoms with E-state index in [1.165, 1.54) is 12.8 Å². The third-order valence-corrected chi connectivity index (χ3v) is 3.06. The van der Waals surface area contributed by atoms with E-state index in [0.717, 1.165) is 6.42 Å². The van der Waals surface area contributed by atoms with Gasteiger partial charge in [0.1, 0.15) is 0 Å². The fourth-order valence-electron chi connectivity index (χ4n) is 1.04. The topological polar surface area (TPSA) is 20.2 Å². The lowest BCUT2D eigenvalue weighted by Gasteiger charge is -2.25. The van der Waals surface area contributed by atoms with Crippen LogP contribution >= 0.6 is 0 Å². The van der Waals surface area contributed by atoms with Crippen molar-refractivity contribution in [2.45, 2.75) is 60.0 Å². The average molecular weight is 172 g/mol. The van der Waals surface area contributed by atoms with Crippen molar-refractivity contribution in [1.82, 2.24) is 0 Å². The third-order valence-electron chi connectivity index (χ3n) is 3.06. The van der Waals surface area contributed by atoms with Gasteiger partial charge in [0.15, 0.2) is 0 Å². The highest BCUT2D eigenvalue weighted by molar-refractivity contribution is 4.69. The molecule has 0 rings (SSSR count). The first kappa shape index (κ1) is 12.0. The zero-order valence-corrected chi connectivity index (χ0v) is 9.22. The molecule has 1 N–H and O–H groups in total. The molecule has 74 valence electrons. The molecular formula is C11H24O. The molecule has 0 saturated heterocycles. The Balaban J connectivity index is 3.67. The minimum atomic E-state index is -0.155. The highest BCUT2D eigenvalue weighted by Crippen LogP contribution is 2.28. The van der Waals surface area contributed by atoms with E-state index in [2.05, 4.69) is 27.7 Å². The summed E-state index contributed by atoms with van der Waals surface area (Å²) in [5.41, 5.74) is 0.448. The standard InChI is InChI=1S/C11H24O/c1-6-11(4,5)8-7-9(2)10(3)12/h9-10,12H,6-8H2,1-5H3. The van der Waals surface area contributed by atoms with Crippen LogP contribution < -0.4 is 0 Å². The number of hydrogen-bond acceptors (Lipinski definition) is 1. The predicted molar refractivity (Wildman–Crippen MR) is 54.2 cm³/mol. The van der Waals surface area contributed by atoms with Crippen LogP contribution in [-0.2, 0) is 0 Å². The molecule has 0 aromatic heterocycles. The van der Waals surface area contributed by atoms with Crippen LogP contribution in [0.3, 0.4) is 0 Å². The lowest BCUT2D eigenvalue weighted by Crippen LogP contribution is -2.17. The van der Waals surface area contributed by atoms with Gasteiger partial charge in [-0.3, -0.25) is 0 Å². The number of rotatable bonds is 5. The van der Waals surface area contributed by atoms with Crippen molar-refractivity contribution in [1.29, 1.82) is 0 Å². The molecule has 12 heavy (non-hydrogen) atoms. The molecule has 0 aliphatic carbocycles. The molecule has 0 saturated carbocycles. The minimum Gasteiger partial charge on any atom is -0.393 e. The van der Waals surface area contributed by atoms with Crippen molar-refractivity contribution in [3.05, 3.63) is 0 Å². The molecule has 0 aliphatic rings. The molecule has 0 aromatic rings. The first-order valence-corrected chi connectivity index (χ1v) is 5.07. The molecular weight excluding hydrogens is 148 g/mol. The van der Waals surface area contributed by atoms with Crippen molar-refractivity contribution in [2.24, 2.45) is 11.3 Å². The molecule has 0 bridgehead atoms. The zero-order chi connectivity index (χ0) is 9.78. The zero-order valence-electron chi connectivity index (χ0n) is 9.22. The molecule has 1 heteroatoms. The van der Waals surface area contributed by atoms with E-state index < -0.39 is 0 Å². The second-order valence-corrected chi connectivity index (χ2v) is 4.77. The number of aliphatic hydroxyl groups excluding tert-OH is 1. The summed E-state index contributed by atoms with van der Waals surface area (Å²) in [5.74, 6) is 0.441. The first-order chi connectivity index (χ1) is 5.39. The van der Waals surface area contributed by atoms with Gasteiger partial charge < -0.3 is 5.11 Å². The highest BCUT2D eigenvalue weighted by Gasteiger charge is 2.17. The SMILES string of the molecule is CCC(C)(C)CCC(C)C(C)O. The highest BCUT2D eigenvalue weighted by atomic mass is 16.3. The Hall–Kier alpha value is -0.0400. The van der Waals surface area contributed by atoms with Crippen LogP contribution in [0.15, 0.2) is 0 Å². The van der Waals surface area contributed by atoms with Crippen LogP contribution in [0.2, 0.25) is 0 Å². The van der Waals surface area contributed by atoms with E-state index in [4.69, 9.17) is 0 Å². The van der Waals surface area contributed by atoms with Crippen molar-refractivity contribution in [3.8, 4) is 0 Å². The van der Waals surface area contributed by atoms with Gasteiger partial charge in [0, 0.05) is 0 Å². The Bertz CT molecular complexity index is 116. The van der Waals surface area contributed by atoms with E-state index in [-0.39, 0.29) is 6.10 Å². The summed E-state index contributed by atoms with van der Waals surface area (Å²) in [6.07, 6.45) is 3.42. The Morgan fingerprint density at radius 2 is 1.75 bits per heavy atom. The summed E-state index contributed by atoms with van der Waals surface area (Å²) in [4.78, 5) is 0. The van der Waals surface area contributed by atoms with Gasteiger partial charge in [-0.2, -0.15) is 0 Å². The lowest BCUT2D eigenvalue weighted by molar-refractivity contribution is 0.119. The maximum absolute atomic E-state index is 9.29. The molecule has 0 spiro atoms. The fourth-order valence-corrected chi connectivity index (χ4v) is 1.04. The van der Waals surface area contributed by atoms with Crippen LogP contribution in [0.25, 0.3) is 0 Å². The molecule has 0 radical (unpaired) electrons. The largest absolute Gasteiger partial charge is 0.393 e. The molecule has 0 aliphatic heterocycles. The fraction of sp³-hybridized carbons (Fsp3) is 1.00. The van der Waals surface area contributed by atoms with Crippen LogP contribution in [0.4, 0.5) is 0 Å². The van der Waals surface area contributed by atoms with E-state index in [9.17, 15) is 5.11 Å². The van der Waals surface area contributed by atoms with Crippen molar-refractivity contribution >= 4 is 0 Å². The maximum Gasteiger partial charge on any atom is 0.0537 e. The van der Waals surface area contributed by atoms with Crippen molar-refractivity contribution in [2.75, 3.05) is 0 Å². The van der Waals surface area contributed by atoms with Crippen LogP contribution in [0, 0.1) is 11.3 Å². The molecule has 0 heterocycles. The summed E-state index contributed by atoms with van der Waals surface area (Å²) < 4.78 is 0. The molecule has 0 fully saturated rings. The van der Waals surface area contributed by atoms with Crippen LogP contribution in [-0.4, -0.2) is 11.2 Å². The Labute approximate surface area is 77.2 Å². The van der Waals surface area contributed by atoms with Gasteiger partial charge in [0.05, 0.1) is 6.10 Å². The van der Waals surface area contributed by atoms with E-state index in [1.807, 2.05) is 6.92 Å². The monoisotopic (exact) mass is 172 g/mol. The average Bonchev–Trinajstić information content (AvgIpc) is 2.00. The predicted octanol–water partition coefficient (Wildman–Crippen LogP) is 3.22. The van der Waals surface area contributed by atoms with Gasteiger partial charge in [-0.1, -0.05) is 34.1 Å². The van der Waals surface area contributed by atoms with Gasteiger partial charge in [0.2, 0.25) is 0 Å². The Morgan fingerprint density at radius 1 is 1.25 bits per heavy atom. The normalized spacial score (nSPS) is 17.5. The van der Waals surface area contributed by atoms with E-state index in [0.29, 0.717) is 11.3 Å². The third kappa shape index (κ3) is 4.76. The second-order valence-electron chi connectivity index (χ2n) is 4.77.